The third kappa shape index (κ3) is 6.44. The number of nitrogens with one attached hydrogen (secondary N) is 1. The lowest BCUT2D eigenvalue weighted by Gasteiger charge is -2.15. The van der Waals surface area contributed by atoms with Crippen molar-refractivity contribution in [2.45, 2.75) is 52.7 Å². The van der Waals surface area contributed by atoms with Gasteiger partial charge in [-0.3, -0.25) is 4.79 Å². The maximum atomic E-state index is 12.3. The molecule has 0 aromatic heterocycles. The second-order valence-electron chi connectivity index (χ2n) is 6.67. The molecule has 1 unspecified atom stereocenters. The number of carbonyl (C=O) groups excluding carboxylic acids is 2. The minimum Gasteiger partial charge on any atom is -0.481 e. The summed E-state index contributed by atoms with van der Waals surface area (Å²) in [6.45, 7) is 7.43. The summed E-state index contributed by atoms with van der Waals surface area (Å²) in [5, 5.41) is 2.78. The third-order valence-electron chi connectivity index (χ3n) is 3.87. The van der Waals surface area contributed by atoms with Gasteiger partial charge in [0.1, 0.15) is 5.75 Å². The zero-order valence-corrected chi connectivity index (χ0v) is 16.3. The SMILES string of the molecule is CCCc1ccc(OC(C)C(=O)Nc2ccc(C(=O)OC(C)C)cc2)cc1. The molecule has 2 rings (SSSR count). The Bertz CT molecular complexity index is 751. The molecule has 2 aromatic carbocycles. The minimum atomic E-state index is -0.646. The number of hydrogen-bond donors (Lipinski definition) is 1. The molecular formula is C22H27NO4. The van der Waals surface area contributed by atoms with Crippen molar-refractivity contribution in [2.24, 2.45) is 0 Å². The van der Waals surface area contributed by atoms with E-state index in [1.165, 1.54) is 5.56 Å². The number of ether oxygens (including phenoxy) is 2. The van der Waals surface area contributed by atoms with E-state index in [1.807, 2.05) is 24.3 Å². The van der Waals surface area contributed by atoms with Gasteiger partial charge in [-0.1, -0.05) is 25.5 Å². The van der Waals surface area contributed by atoms with Crippen molar-refractivity contribution < 1.29 is 19.1 Å². The van der Waals surface area contributed by atoms with Crippen LogP contribution in [0.25, 0.3) is 0 Å². The fourth-order valence-electron chi connectivity index (χ4n) is 2.50. The van der Waals surface area contributed by atoms with Gasteiger partial charge in [-0.15, -0.1) is 0 Å². The summed E-state index contributed by atoms with van der Waals surface area (Å²) in [7, 11) is 0. The first-order valence-corrected chi connectivity index (χ1v) is 9.26. The zero-order chi connectivity index (χ0) is 19.8. The smallest absolute Gasteiger partial charge is 0.338 e. The summed E-state index contributed by atoms with van der Waals surface area (Å²) >= 11 is 0. The van der Waals surface area contributed by atoms with E-state index in [2.05, 4.69) is 12.2 Å². The Kier molecular flexibility index (Phi) is 7.41. The Balaban J connectivity index is 1.90. The number of amides is 1. The zero-order valence-electron chi connectivity index (χ0n) is 16.3. The van der Waals surface area contributed by atoms with Crippen molar-refractivity contribution in [1.82, 2.24) is 0 Å². The molecule has 0 fully saturated rings. The van der Waals surface area contributed by atoms with Crippen LogP contribution in [0.1, 0.15) is 50.0 Å². The van der Waals surface area contributed by atoms with Crippen molar-refractivity contribution >= 4 is 17.6 Å². The van der Waals surface area contributed by atoms with Gasteiger partial charge in [0.15, 0.2) is 6.10 Å². The van der Waals surface area contributed by atoms with Gasteiger partial charge in [0.25, 0.3) is 5.91 Å². The lowest BCUT2D eigenvalue weighted by atomic mass is 10.1. The van der Waals surface area contributed by atoms with Gasteiger partial charge in [-0.05, 0) is 69.2 Å². The van der Waals surface area contributed by atoms with E-state index < -0.39 is 6.10 Å². The van der Waals surface area contributed by atoms with Gasteiger partial charge in [-0.25, -0.2) is 4.79 Å². The number of hydrogen-bond acceptors (Lipinski definition) is 4. The predicted octanol–water partition coefficient (Wildman–Crippen LogP) is 4.61. The predicted molar refractivity (Wildman–Crippen MR) is 106 cm³/mol. The maximum absolute atomic E-state index is 12.3. The van der Waals surface area contributed by atoms with Crippen LogP contribution < -0.4 is 10.1 Å². The number of anilines is 1. The van der Waals surface area contributed by atoms with Gasteiger partial charge in [0, 0.05) is 5.69 Å². The van der Waals surface area contributed by atoms with Gasteiger partial charge >= 0.3 is 5.97 Å². The highest BCUT2D eigenvalue weighted by molar-refractivity contribution is 5.95. The molecule has 5 heteroatoms. The Morgan fingerprint density at radius 2 is 1.59 bits per heavy atom. The minimum absolute atomic E-state index is 0.175. The Labute approximate surface area is 160 Å². The fraction of sp³-hybridized carbons (Fsp3) is 0.364. The molecule has 0 aliphatic rings. The Morgan fingerprint density at radius 3 is 2.15 bits per heavy atom. The average molecular weight is 369 g/mol. The van der Waals surface area contributed by atoms with E-state index in [0.717, 1.165) is 12.8 Å². The van der Waals surface area contributed by atoms with Gasteiger partial charge in [0.2, 0.25) is 0 Å². The maximum Gasteiger partial charge on any atom is 0.338 e. The summed E-state index contributed by atoms with van der Waals surface area (Å²) in [6.07, 6.45) is 1.29. The third-order valence-corrected chi connectivity index (χ3v) is 3.87. The standard InChI is InChI=1S/C22H27NO4/c1-5-6-17-7-13-20(14-8-17)27-16(4)21(24)23-19-11-9-18(10-12-19)22(25)26-15(2)3/h7-16H,5-6H2,1-4H3,(H,23,24). The lowest BCUT2D eigenvalue weighted by molar-refractivity contribution is -0.122. The van der Waals surface area contributed by atoms with Crippen LogP contribution in [-0.2, 0) is 16.0 Å². The van der Waals surface area contributed by atoms with Crippen molar-refractivity contribution in [2.75, 3.05) is 5.32 Å². The van der Waals surface area contributed by atoms with Gasteiger partial charge in [0.05, 0.1) is 11.7 Å². The molecule has 1 amide bonds. The van der Waals surface area contributed by atoms with Crippen LogP contribution in [0.4, 0.5) is 5.69 Å². The van der Waals surface area contributed by atoms with Crippen molar-refractivity contribution in [3.05, 3.63) is 59.7 Å². The van der Waals surface area contributed by atoms with Crippen LogP contribution in [0.15, 0.2) is 48.5 Å². The summed E-state index contributed by atoms with van der Waals surface area (Å²) in [6, 6.07) is 14.4. The number of esters is 1. The van der Waals surface area contributed by atoms with Crippen LogP contribution in [-0.4, -0.2) is 24.1 Å². The van der Waals surface area contributed by atoms with E-state index >= 15 is 0 Å². The highest BCUT2D eigenvalue weighted by atomic mass is 16.5. The van der Waals surface area contributed by atoms with Crippen molar-refractivity contribution in [3.8, 4) is 5.75 Å². The molecule has 0 heterocycles. The first kappa shape index (κ1) is 20.5. The van der Waals surface area contributed by atoms with Crippen LogP contribution in [0.3, 0.4) is 0 Å². The molecule has 1 N–H and O–H groups in total. The van der Waals surface area contributed by atoms with Crippen molar-refractivity contribution in [3.63, 3.8) is 0 Å². The second-order valence-corrected chi connectivity index (χ2v) is 6.67. The largest absolute Gasteiger partial charge is 0.481 e. The van der Waals surface area contributed by atoms with Crippen LogP contribution in [0.2, 0.25) is 0 Å². The van der Waals surface area contributed by atoms with E-state index in [1.54, 1.807) is 45.0 Å². The molecule has 144 valence electrons. The highest BCUT2D eigenvalue weighted by Gasteiger charge is 2.15. The lowest BCUT2D eigenvalue weighted by Crippen LogP contribution is -2.30. The first-order valence-electron chi connectivity index (χ1n) is 9.26. The summed E-state index contributed by atoms with van der Waals surface area (Å²) in [4.78, 5) is 24.2. The van der Waals surface area contributed by atoms with Crippen LogP contribution in [0, 0.1) is 0 Å². The molecule has 0 saturated heterocycles. The average Bonchev–Trinajstić information content (AvgIpc) is 2.63. The van der Waals surface area contributed by atoms with Gasteiger partial charge < -0.3 is 14.8 Å². The summed E-state index contributed by atoms with van der Waals surface area (Å²) in [5.74, 6) is 0.0144. The molecule has 2 aromatic rings. The van der Waals surface area contributed by atoms with E-state index in [-0.39, 0.29) is 18.0 Å². The number of carbonyl (C=O) groups is 2. The molecule has 0 aliphatic heterocycles. The second kappa shape index (κ2) is 9.76. The topological polar surface area (TPSA) is 64.6 Å². The van der Waals surface area contributed by atoms with Gasteiger partial charge in [-0.2, -0.15) is 0 Å². The van der Waals surface area contributed by atoms with Crippen LogP contribution >= 0.6 is 0 Å². The van der Waals surface area contributed by atoms with E-state index in [9.17, 15) is 9.59 Å². The molecule has 0 aliphatic carbocycles. The van der Waals surface area contributed by atoms with E-state index in [0.29, 0.717) is 17.0 Å². The Morgan fingerprint density at radius 1 is 0.963 bits per heavy atom. The van der Waals surface area contributed by atoms with Crippen molar-refractivity contribution in [1.29, 1.82) is 0 Å². The first-order chi connectivity index (χ1) is 12.9. The quantitative estimate of drug-likeness (QED) is 0.690. The summed E-state index contributed by atoms with van der Waals surface area (Å²) in [5.41, 5.74) is 2.28. The fourth-order valence-corrected chi connectivity index (χ4v) is 2.50. The molecule has 27 heavy (non-hydrogen) atoms. The highest BCUT2D eigenvalue weighted by Crippen LogP contribution is 2.16. The molecule has 0 radical (unpaired) electrons. The molecule has 1 atom stereocenters. The normalized spacial score (nSPS) is 11.7. The molecule has 0 saturated carbocycles. The molecule has 5 nitrogen and oxygen atoms in total. The van der Waals surface area contributed by atoms with E-state index in [4.69, 9.17) is 9.47 Å². The van der Waals surface area contributed by atoms with Crippen LogP contribution in [0.5, 0.6) is 5.75 Å². The Hall–Kier alpha value is -2.82. The molecule has 0 bridgehead atoms. The molecule has 0 spiro atoms. The monoisotopic (exact) mass is 369 g/mol. The number of benzene rings is 2. The summed E-state index contributed by atoms with van der Waals surface area (Å²) < 4.78 is 10.8. The molecular weight excluding hydrogens is 342 g/mol. The number of rotatable bonds is 8. The number of aryl methyl sites for hydroxylation is 1.